The smallest absolute Gasteiger partial charge is 0.471 e. The number of unbranched alkanes of at least 4 members (excludes halogenated alkanes) is 1. The minimum absolute atomic E-state index is 0.133. The first-order valence-electron chi connectivity index (χ1n) is 8.39. The summed E-state index contributed by atoms with van der Waals surface area (Å²) in [7, 11) is 0. The number of nitrogens with one attached hydrogen (secondary N) is 2. The van der Waals surface area contributed by atoms with Crippen molar-refractivity contribution in [2.24, 2.45) is 0 Å². The van der Waals surface area contributed by atoms with E-state index in [2.05, 4.69) is 5.32 Å². The van der Waals surface area contributed by atoms with Crippen LogP contribution in [0.3, 0.4) is 0 Å². The van der Waals surface area contributed by atoms with Crippen molar-refractivity contribution in [3.63, 3.8) is 0 Å². The van der Waals surface area contributed by atoms with Crippen LogP contribution >= 0.6 is 0 Å². The highest BCUT2D eigenvalue weighted by molar-refractivity contribution is 5.97. The third-order valence-corrected chi connectivity index (χ3v) is 4.06. The lowest BCUT2D eigenvalue weighted by Gasteiger charge is -2.26. The maximum absolute atomic E-state index is 12.3. The van der Waals surface area contributed by atoms with E-state index in [0.29, 0.717) is 17.5 Å². The van der Waals surface area contributed by atoms with Crippen LogP contribution in [0.2, 0.25) is 0 Å². The fraction of sp³-hybridized carbons (Fsp3) is 0.444. The van der Waals surface area contributed by atoms with Gasteiger partial charge in [0.15, 0.2) is 5.78 Å². The van der Waals surface area contributed by atoms with Crippen LogP contribution in [0.25, 0.3) is 0 Å². The number of rotatable bonds is 9. The van der Waals surface area contributed by atoms with Crippen molar-refractivity contribution in [2.75, 3.05) is 6.54 Å². The molecule has 0 aliphatic carbocycles. The molecule has 154 valence electrons. The van der Waals surface area contributed by atoms with Gasteiger partial charge in [0.25, 0.3) is 5.91 Å². The van der Waals surface area contributed by atoms with Gasteiger partial charge in [-0.25, -0.2) is 4.79 Å². The lowest BCUT2D eigenvalue weighted by atomic mass is 9.94. The quantitative estimate of drug-likeness (QED) is 0.433. The molecule has 0 aliphatic heterocycles. The molecule has 1 aromatic rings. The second-order valence-corrected chi connectivity index (χ2v) is 6.44. The molecule has 0 aliphatic rings. The third-order valence-electron chi connectivity index (χ3n) is 4.06. The maximum Gasteiger partial charge on any atom is 0.471 e. The number of halogens is 3. The van der Waals surface area contributed by atoms with Gasteiger partial charge in [-0.05, 0) is 45.2 Å². The summed E-state index contributed by atoms with van der Waals surface area (Å²) in [6.45, 7) is 2.56. The average Bonchev–Trinajstić information content (AvgIpc) is 2.60. The zero-order valence-electron chi connectivity index (χ0n) is 15.4. The summed E-state index contributed by atoms with van der Waals surface area (Å²) >= 11 is 0. The number of carboxylic acids is 1. The number of carbonyl (C=O) groups excluding carboxylic acids is 3. The van der Waals surface area contributed by atoms with Gasteiger partial charge in [0.05, 0.1) is 0 Å². The molecule has 0 aromatic heterocycles. The molecule has 0 spiro atoms. The molecule has 0 heterocycles. The highest BCUT2D eigenvalue weighted by atomic mass is 19.4. The maximum atomic E-state index is 12.3. The Morgan fingerprint density at radius 2 is 1.54 bits per heavy atom. The molecule has 7 nitrogen and oxygen atoms in total. The molecule has 0 fully saturated rings. The Hall–Kier alpha value is -2.91. The van der Waals surface area contributed by atoms with E-state index in [9.17, 15) is 32.3 Å². The summed E-state index contributed by atoms with van der Waals surface area (Å²) < 4.78 is 37.0. The molecule has 0 saturated heterocycles. The Morgan fingerprint density at radius 1 is 1.00 bits per heavy atom. The highest BCUT2D eigenvalue weighted by Gasteiger charge is 2.45. The Morgan fingerprint density at radius 3 is 2.00 bits per heavy atom. The van der Waals surface area contributed by atoms with Crippen LogP contribution in [-0.4, -0.2) is 46.9 Å². The Bertz CT molecular complexity index is 747. The predicted molar refractivity (Wildman–Crippen MR) is 92.9 cm³/mol. The van der Waals surface area contributed by atoms with Crippen molar-refractivity contribution in [3.8, 4) is 0 Å². The zero-order chi connectivity index (χ0) is 21.5. The van der Waals surface area contributed by atoms with Crippen LogP contribution in [0.15, 0.2) is 24.3 Å². The second-order valence-electron chi connectivity index (χ2n) is 6.44. The predicted octanol–water partition coefficient (Wildman–Crippen LogP) is 2.31. The lowest BCUT2D eigenvalue weighted by Crippen LogP contribution is -2.55. The van der Waals surface area contributed by atoms with E-state index in [1.807, 2.05) is 0 Å². The van der Waals surface area contributed by atoms with Gasteiger partial charge in [-0.3, -0.25) is 14.4 Å². The van der Waals surface area contributed by atoms with Crippen LogP contribution in [0.1, 0.15) is 53.8 Å². The minimum Gasteiger partial charge on any atom is -0.480 e. The Labute approximate surface area is 159 Å². The summed E-state index contributed by atoms with van der Waals surface area (Å²) in [5.41, 5.74) is -1.28. The van der Waals surface area contributed by atoms with E-state index in [1.54, 1.807) is 0 Å². The molecule has 1 aromatic carbocycles. The number of Topliss-reactive ketones (excluding diaryl/α,β-unsaturated/α-hetero) is 1. The van der Waals surface area contributed by atoms with Crippen molar-refractivity contribution < 1.29 is 37.5 Å². The van der Waals surface area contributed by atoms with Crippen molar-refractivity contribution in [1.29, 1.82) is 0 Å². The van der Waals surface area contributed by atoms with Crippen LogP contribution in [0, 0.1) is 0 Å². The number of aliphatic carboxylic acids is 1. The summed E-state index contributed by atoms with van der Waals surface area (Å²) in [6.07, 6.45) is -4.97. The molecule has 3 N–H and O–H groups in total. The monoisotopic (exact) mass is 402 g/mol. The number of amides is 2. The van der Waals surface area contributed by atoms with Crippen LogP contribution in [0.5, 0.6) is 0 Å². The van der Waals surface area contributed by atoms with Crippen LogP contribution in [-0.2, 0) is 9.59 Å². The SMILES string of the molecule is CC(=O)c1ccc(C(=O)NCCCC[C@](C)(NC(=O)C(F)(F)F)C(=O)O)cc1. The summed E-state index contributed by atoms with van der Waals surface area (Å²) in [4.78, 5) is 45.4. The molecule has 10 heteroatoms. The van der Waals surface area contributed by atoms with E-state index in [-0.39, 0.29) is 25.2 Å². The molecule has 0 radical (unpaired) electrons. The van der Waals surface area contributed by atoms with Gasteiger partial charge in [-0.1, -0.05) is 12.1 Å². The van der Waals surface area contributed by atoms with Gasteiger partial charge < -0.3 is 15.7 Å². The summed E-state index contributed by atoms with van der Waals surface area (Å²) in [5, 5.41) is 13.2. The second kappa shape index (κ2) is 9.34. The summed E-state index contributed by atoms with van der Waals surface area (Å²) in [6, 6.07) is 6.00. The minimum atomic E-state index is -5.18. The number of carboxylic acid groups (broad SMARTS) is 1. The molecule has 0 bridgehead atoms. The van der Waals surface area contributed by atoms with Crippen LogP contribution in [0.4, 0.5) is 13.2 Å². The standard InChI is InChI=1S/C18H21F3N2O5/c1-11(24)12-5-7-13(8-6-12)14(25)22-10-4-3-9-17(2,16(27)28)23-15(26)18(19,20)21/h5-8H,3-4,9-10H2,1-2H3,(H,22,25)(H,23,26)(H,27,28)/t17-/m0/s1. The highest BCUT2D eigenvalue weighted by Crippen LogP contribution is 2.20. The van der Waals surface area contributed by atoms with E-state index >= 15 is 0 Å². The molecule has 2 amide bonds. The molecular formula is C18H21F3N2O5. The number of alkyl halides is 3. The zero-order valence-corrected chi connectivity index (χ0v) is 15.4. The van der Waals surface area contributed by atoms with Crippen molar-refractivity contribution in [3.05, 3.63) is 35.4 Å². The molecule has 0 unspecified atom stereocenters. The van der Waals surface area contributed by atoms with Crippen LogP contribution < -0.4 is 10.6 Å². The molecule has 28 heavy (non-hydrogen) atoms. The van der Waals surface area contributed by atoms with E-state index in [1.165, 1.54) is 36.5 Å². The van der Waals surface area contributed by atoms with E-state index < -0.39 is 29.5 Å². The number of benzene rings is 1. The molecule has 1 rings (SSSR count). The first-order chi connectivity index (χ1) is 12.9. The fourth-order valence-electron chi connectivity index (χ4n) is 2.31. The van der Waals surface area contributed by atoms with Gasteiger partial charge in [0.2, 0.25) is 0 Å². The van der Waals surface area contributed by atoms with Gasteiger partial charge >= 0.3 is 18.1 Å². The van der Waals surface area contributed by atoms with Gasteiger partial charge in [0.1, 0.15) is 5.54 Å². The first-order valence-corrected chi connectivity index (χ1v) is 8.39. The normalized spacial score (nSPS) is 13.3. The molecular weight excluding hydrogens is 381 g/mol. The van der Waals surface area contributed by atoms with Gasteiger partial charge in [-0.15, -0.1) is 0 Å². The number of hydrogen-bond donors (Lipinski definition) is 3. The summed E-state index contributed by atoms with van der Waals surface area (Å²) in [5.74, 6) is -4.44. The largest absolute Gasteiger partial charge is 0.480 e. The fourth-order valence-corrected chi connectivity index (χ4v) is 2.31. The van der Waals surface area contributed by atoms with Crippen molar-refractivity contribution in [1.82, 2.24) is 10.6 Å². The van der Waals surface area contributed by atoms with E-state index in [4.69, 9.17) is 5.11 Å². The van der Waals surface area contributed by atoms with Crippen molar-refractivity contribution >= 4 is 23.6 Å². The number of ketones is 1. The topological polar surface area (TPSA) is 113 Å². The number of carbonyl (C=O) groups is 4. The Balaban J connectivity index is 2.49. The first kappa shape index (κ1) is 23.1. The number of hydrogen-bond acceptors (Lipinski definition) is 4. The third kappa shape index (κ3) is 6.67. The Kier molecular flexibility index (Phi) is 7.71. The van der Waals surface area contributed by atoms with Gasteiger partial charge in [-0.2, -0.15) is 13.2 Å². The van der Waals surface area contributed by atoms with E-state index in [0.717, 1.165) is 6.92 Å². The molecule has 0 saturated carbocycles. The van der Waals surface area contributed by atoms with Crippen molar-refractivity contribution in [2.45, 2.75) is 44.8 Å². The lowest BCUT2D eigenvalue weighted by molar-refractivity contribution is -0.177. The molecule has 1 atom stereocenters. The average molecular weight is 402 g/mol. The van der Waals surface area contributed by atoms with Gasteiger partial charge in [0, 0.05) is 17.7 Å².